The Balaban J connectivity index is 2.13. The maximum absolute atomic E-state index is 12.0. The third kappa shape index (κ3) is 2.76. The van der Waals surface area contributed by atoms with Crippen molar-refractivity contribution in [3.8, 4) is 0 Å². The molecule has 1 saturated carbocycles. The first kappa shape index (κ1) is 12.3. The Morgan fingerprint density at radius 3 is 2.76 bits per heavy atom. The molecule has 2 rings (SSSR count). The number of pyridine rings is 1. The Bertz CT molecular complexity index is 497. The van der Waals surface area contributed by atoms with Crippen LogP contribution in [0.2, 0.25) is 0 Å². The lowest BCUT2D eigenvalue weighted by molar-refractivity contribution is 0.260. The number of hydrogen-bond acceptors (Lipinski definition) is 4. The first-order valence-corrected chi connectivity index (χ1v) is 7.21. The fourth-order valence-corrected chi connectivity index (χ4v) is 3.28. The molecule has 1 aliphatic carbocycles. The molecule has 1 aromatic heterocycles. The number of hydrogen-bond donors (Lipinski definition) is 2. The van der Waals surface area contributed by atoms with E-state index in [1.54, 1.807) is 0 Å². The van der Waals surface area contributed by atoms with Crippen LogP contribution >= 0.6 is 0 Å². The monoisotopic (exact) mass is 255 g/mol. The van der Waals surface area contributed by atoms with Gasteiger partial charge in [-0.15, -0.1) is 0 Å². The van der Waals surface area contributed by atoms with Crippen molar-refractivity contribution in [2.45, 2.75) is 37.1 Å². The average molecular weight is 255 g/mol. The molecule has 0 spiro atoms. The van der Waals surface area contributed by atoms with Crippen LogP contribution in [0.4, 0.5) is 5.82 Å². The van der Waals surface area contributed by atoms with E-state index in [0.717, 1.165) is 12.8 Å². The van der Waals surface area contributed by atoms with E-state index < -0.39 is 10.0 Å². The van der Waals surface area contributed by atoms with Crippen molar-refractivity contribution >= 4 is 15.8 Å². The van der Waals surface area contributed by atoms with Gasteiger partial charge in [-0.3, -0.25) is 0 Å². The van der Waals surface area contributed by atoms with Gasteiger partial charge in [0.05, 0.1) is 4.90 Å². The van der Waals surface area contributed by atoms with Crippen molar-refractivity contribution in [3.63, 3.8) is 0 Å². The molecule has 17 heavy (non-hydrogen) atoms. The zero-order valence-corrected chi connectivity index (χ0v) is 10.6. The summed E-state index contributed by atoms with van der Waals surface area (Å²) in [6, 6.07) is 2.80. The first-order chi connectivity index (χ1) is 7.99. The van der Waals surface area contributed by atoms with E-state index in [-0.39, 0.29) is 16.8 Å². The standard InChI is InChI=1S/C11H17N3O2S/c1-8(9-3-2-4-9)14-17(15,16)10-5-6-13-11(12)7-10/h5-9,14H,2-4H2,1H3,(H2,12,13). The maximum Gasteiger partial charge on any atom is 0.241 e. The lowest BCUT2D eigenvalue weighted by Crippen LogP contribution is -2.40. The van der Waals surface area contributed by atoms with Gasteiger partial charge in [0, 0.05) is 18.3 Å². The number of aromatic nitrogens is 1. The van der Waals surface area contributed by atoms with Gasteiger partial charge in [-0.2, -0.15) is 0 Å². The first-order valence-electron chi connectivity index (χ1n) is 5.73. The van der Waals surface area contributed by atoms with Crippen LogP contribution < -0.4 is 10.5 Å². The number of nitrogens with two attached hydrogens (primary N) is 1. The third-order valence-corrected chi connectivity index (χ3v) is 4.82. The normalized spacial score (nSPS) is 18.6. The summed E-state index contributed by atoms with van der Waals surface area (Å²) in [4.78, 5) is 3.96. The molecule has 1 fully saturated rings. The van der Waals surface area contributed by atoms with Gasteiger partial charge in [0.25, 0.3) is 0 Å². The molecule has 0 amide bonds. The molecular formula is C11H17N3O2S. The Morgan fingerprint density at radius 1 is 1.53 bits per heavy atom. The molecule has 1 unspecified atom stereocenters. The summed E-state index contributed by atoms with van der Waals surface area (Å²) in [6.45, 7) is 1.91. The van der Waals surface area contributed by atoms with E-state index in [2.05, 4.69) is 9.71 Å². The van der Waals surface area contributed by atoms with Crippen LogP contribution in [0.5, 0.6) is 0 Å². The molecule has 0 aromatic carbocycles. The Morgan fingerprint density at radius 2 is 2.24 bits per heavy atom. The van der Waals surface area contributed by atoms with Crippen LogP contribution in [0.25, 0.3) is 0 Å². The SMILES string of the molecule is CC(NS(=O)(=O)c1ccnc(N)c1)C1CCC1. The second-order valence-electron chi connectivity index (χ2n) is 4.52. The third-order valence-electron chi connectivity index (χ3n) is 3.26. The molecule has 0 bridgehead atoms. The van der Waals surface area contributed by atoms with Crippen molar-refractivity contribution in [1.82, 2.24) is 9.71 Å². The van der Waals surface area contributed by atoms with Gasteiger partial charge < -0.3 is 5.73 Å². The Labute approximate surface area is 101 Å². The summed E-state index contributed by atoms with van der Waals surface area (Å²) in [5.74, 6) is 0.674. The molecule has 94 valence electrons. The van der Waals surface area contributed by atoms with Crippen LogP contribution in [0, 0.1) is 5.92 Å². The quantitative estimate of drug-likeness (QED) is 0.844. The number of anilines is 1. The zero-order chi connectivity index (χ0) is 12.5. The second kappa shape index (κ2) is 4.62. The van der Waals surface area contributed by atoms with Gasteiger partial charge in [0.1, 0.15) is 5.82 Å². The van der Waals surface area contributed by atoms with E-state index in [9.17, 15) is 8.42 Å². The van der Waals surface area contributed by atoms with Crippen molar-refractivity contribution < 1.29 is 8.42 Å². The average Bonchev–Trinajstić information content (AvgIpc) is 2.13. The number of nitrogens with zero attached hydrogens (tertiary/aromatic N) is 1. The molecule has 0 aliphatic heterocycles. The summed E-state index contributed by atoms with van der Waals surface area (Å²) >= 11 is 0. The molecule has 1 aromatic rings. The molecular weight excluding hydrogens is 238 g/mol. The van der Waals surface area contributed by atoms with Crippen LogP contribution in [0.15, 0.2) is 23.2 Å². The molecule has 1 atom stereocenters. The minimum Gasteiger partial charge on any atom is -0.384 e. The van der Waals surface area contributed by atoms with E-state index in [1.165, 1.54) is 24.8 Å². The predicted molar refractivity (Wildman–Crippen MR) is 65.8 cm³/mol. The van der Waals surface area contributed by atoms with Crippen LogP contribution in [0.1, 0.15) is 26.2 Å². The topological polar surface area (TPSA) is 85.1 Å². The van der Waals surface area contributed by atoms with E-state index >= 15 is 0 Å². The number of rotatable bonds is 4. The highest BCUT2D eigenvalue weighted by molar-refractivity contribution is 7.89. The summed E-state index contributed by atoms with van der Waals surface area (Å²) in [6.07, 6.45) is 4.79. The molecule has 6 heteroatoms. The summed E-state index contributed by atoms with van der Waals surface area (Å²) in [5, 5.41) is 0. The fourth-order valence-electron chi connectivity index (χ4n) is 1.94. The zero-order valence-electron chi connectivity index (χ0n) is 9.76. The van der Waals surface area contributed by atoms with Crippen LogP contribution in [-0.4, -0.2) is 19.4 Å². The largest absolute Gasteiger partial charge is 0.384 e. The van der Waals surface area contributed by atoms with Gasteiger partial charge >= 0.3 is 0 Å². The highest BCUT2D eigenvalue weighted by Gasteiger charge is 2.27. The number of nitrogens with one attached hydrogen (secondary N) is 1. The van der Waals surface area contributed by atoms with Crippen molar-refractivity contribution in [2.24, 2.45) is 5.92 Å². The summed E-state index contributed by atoms with van der Waals surface area (Å²) in [7, 11) is -3.47. The van der Waals surface area contributed by atoms with Crippen LogP contribution in [-0.2, 0) is 10.0 Å². The lowest BCUT2D eigenvalue weighted by Gasteiger charge is -2.31. The van der Waals surface area contributed by atoms with Crippen molar-refractivity contribution in [1.29, 1.82) is 0 Å². The summed E-state index contributed by atoms with van der Waals surface area (Å²) in [5.41, 5.74) is 5.48. The van der Waals surface area contributed by atoms with Gasteiger partial charge in [0.15, 0.2) is 0 Å². The number of sulfonamides is 1. The van der Waals surface area contributed by atoms with Gasteiger partial charge in [-0.25, -0.2) is 18.1 Å². The molecule has 0 saturated heterocycles. The van der Waals surface area contributed by atoms with E-state index in [0.29, 0.717) is 5.92 Å². The summed E-state index contributed by atoms with van der Waals surface area (Å²) < 4.78 is 26.8. The van der Waals surface area contributed by atoms with E-state index in [1.807, 2.05) is 6.92 Å². The Kier molecular flexibility index (Phi) is 3.35. The van der Waals surface area contributed by atoms with Crippen molar-refractivity contribution in [2.75, 3.05) is 5.73 Å². The molecule has 3 N–H and O–H groups in total. The Hall–Kier alpha value is -1.14. The lowest BCUT2D eigenvalue weighted by atomic mass is 9.81. The molecule has 5 nitrogen and oxygen atoms in total. The number of nitrogen functional groups attached to an aromatic ring is 1. The highest BCUT2D eigenvalue weighted by atomic mass is 32.2. The van der Waals surface area contributed by atoms with Gasteiger partial charge in [0.2, 0.25) is 10.0 Å². The van der Waals surface area contributed by atoms with Crippen LogP contribution in [0.3, 0.4) is 0 Å². The van der Waals surface area contributed by atoms with E-state index in [4.69, 9.17) is 5.73 Å². The predicted octanol–water partition coefficient (Wildman–Crippen LogP) is 1.13. The fraction of sp³-hybridized carbons (Fsp3) is 0.545. The molecule has 0 radical (unpaired) electrons. The molecule has 1 heterocycles. The highest BCUT2D eigenvalue weighted by Crippen LogP contribution is 2.30. The smallest absolute Gasteiger partial charge is 0.241 e. The maximum atomic E-state index is 12.0. The minimum atomic E-state index is -3.47. The van der Waals surface area contributed by atoms with Crippen molar-refractivity contribution in [3.05, 3.63) is 18.3 Å². The molecule has 1 aliphatic rings. The van der Waals surface area contributed by atoms with Gasteiger partial charge in [-0.1, -0.05) is 6.42 Å². The second-order valence-corrected chi connectivity index (χ2v) is 6.23. The van der Waals surface area contributed by atoms with Gasteiger partial charge in [-0.05, 0) is 31.7 Å². The minimum absolute atomic E-state index is 0.0249.